The van der Waals surface area contributed by atoms with Gasteiger partial charge in [0.15, 0.2) is 5.54 Å². The molecule has 2 aliphatic rings. The molecule has 2 aliphatic heterocycles. The molecule has 3 aromatic rings. The van der Waals surface area contributed by atoms with Crippen molar-refractivity contribution in [2.45, 2.75) is 12.0 Å². The molecule has 2 aromatic carbocycles. The van der Waals surface area contributed by atoms with E-state index in [9.17, 15) is 4.79 Å². The number of rotatable bonds is 2. The number of aromatic amines is 1. The van der Waals surface area contributed by atoms with Crippen LogP contribution in [0.2, 0.25) is 5.02 Å². The van der Waals surface area contributed by atoms with Crippen LogP contribution < -0.4 is 10.2 Å². The maximum atomic E-state index is 13.6. The molecule has 0 aliphatic carbocycles. The van der Waals surface area contributed by atoms with Gasteiger partial charge in [-0.3, -0.25) is 10.1 Å². The first kappa shape index (κ1) is 15.7. The first-order valence-corrected chi connectivity index (χ1v) is 9.12. The number of hydrogen-bond donors (Lipinski definition) is 2. The average molecular weight is 364 g/mol. The third-order valence-corrected chi connectivity index (χ3v) is 5.72. The topological polar surface area (TPSA) is 48.1 Å². The Bertz CT molecular complexity index is 1070. The van der Waals surface area contributed by atoms with E-state index >= 15 is 0 Å². The van der Waals surface area contributed by atoms with E-state index in [1.165, 1.54) is 5.56 Å². The Hall–Kier alpha value is -2.56. The Balaban J connectivity index is 1.82. The van der Waals surface area contributed by atoms with E-state index in [0.29, 0.717) is 11.6 Å². The Morgan fingerprint density at radius 1 is 1.27 bits per heavy atom. The highest BCUT2D eigenvalue weighted by Gasteiger charge is 2.54. The van der Waals surface area contributed by atoms with Gasteiger partial charge in [-0.25, -0.2) is 0 Å². The van der Waals surface area contributed by atoms with E-state index < -0.39 is 5.54 Å². The van der Waals surface area contributed by atoms with E-state index in [2.05, 4.69) is 16.9 Å². The number of carbonyl (C=O) groups is 1. The van der Waals surface area contributed by atoms with E-state index in [0.717, 1.165) is 40.8 Å². The third-order valence-electron chi connectivity index (χ3n) is 5.48. The molecule has 0 fully saturated rings. The number of amides is 1. The van der Waals surface area contributed by atoms with Gasteiger partial charge in [-0.05, 0) is 36.2 Å². The van der Waals surface area contributed by atoms with Crippen molar-refractivity contribution in [3.63, 3.8) is 0 Å². The molecule has 0 unspecified atom stereocenters. The number of halogens is 1. The lowest BCUT2D eigenvalue weighted by Gasteiger charge is -2.34. The minimum absolute atomic E-state index is 0.0391. The fourth-order valence-corrected chi connectivity index (χ4v) is 4.61. The number of fused-ring (bicyclic) bond motifs is 6. The van der Waals surface area contributed by atoms with Crippen LogP contribution in [0.5, 0.6) is 0 Å². The van der Waals surface area contributed by atoms with Gasteiger partial charge in [0.05, 0.1) is 11.4 Å². The van der Waals surface area contributed by atoms with Crippen LogP contribution in [0.3, 0.4) is 0 Å². The molecular weight excluding hydrogens is 346 g/mol. The highest BCUT2D eigenvalue weighted by molar-refractivity contribution is 6.31. The Morgan fingerprint density at radius 2 is 2.12 bits per heavy atom. The van der Waals surface area contributed by atoms with Gasteiger partial charge >= 0.3 is 0 Å². The van der Waals surface area contributed by atoms with Crippen molar-refractivity contribution >= 4 is 34.1 Å². The normalized spacial score (nSPS) is 21.3. The van der Waals surface area contributed by atoms with Gasteiger partial charge in [0.25, 0.3) is 5.91 Å². The molecule has 0 saturated carbocycles. The van der Waals surface area contributed by atoms with E-state index in [4.69, 9.17) is 11.6 Å². The largest absolute Gasteiger partial charge is 0.356 e. The molecule has 2 N–H and O–H groups in total. The number of carbonyl (C=O) groups excluding carboxylic acids is 1. The molecule has 3 heterocycles. The zero-order valence-corrected chi connectivity index (χ0v) is 14.9. The van der Waals surface area contributed by atoms with Crippen LogP contribution in [-0.4, -0.2) is 24.0 Å². The summed E-state index contributed by atoms with van der Waals surface area (Å²) in [5.74, 6) is 0.0391. The molecule has 1 spiro atoms. The Kier molecular flexibility index (Phi) is 3.30. The van der Waals surface area contributed by atoms with Crippen LogP contribution in [0.1, 0.15) is 16.8 Å². The Morgan fingerprint density at radius 3 is 2.96 bits per heavy atom. The van der Waals surface area contributed by atoms with Crippen LogP contribution in [-0.2, 0) is 16.8 Å². The quantitative estimate of drug-likeness (QED) is 0.681. The van der Waals surface area contributed by atoms with E-state index in [1.807, 2.05) is 47.4 Å². The van der Waals surface area contributed by atoms with Crippen LogP contribution in [0.25, 0.3) is 10.9 Å². The van der Waals surface area contributed by atoms with Crippen LogP contribution in [0, 0.1) is 0 Å². The number of benzene rings is 2. The molecule has 1 atom stereocenters. The summed E-state index contributed by atoms with van der Waals surface area (Å²) in [4.78, 5) is 18.9. The molecule has 0 radical (unpaired) electrons. The molecule has 26 heavy (non-hydrogen) atoms. The fourth-order valence-electron chi connectivity index (χ4n) is 4.44. The minimum Gasteiger partial charge on any atom is -0.356 e. The monoisotopic (exact) mass is 363 g/mol. The van der Waals surface area contributed by atoms with Gasteiger partial charge in [0, 0.05) is 34.6 Å². The number of nitrogens with one attached hydrogen (secondary N) is 2. The van der Waals surface area contributed by atoms with E-state index in [1.54, 1.807) is 6.08 Å². The molecule has 1 aromatic heterocycles. The highest BCUT2D eigenvalue weighted by atomic mass is 35.5. The van der Waals surface area contributed by atoms with Crippen molar-refractivity contribution in [3.05, 3.63) is 77.0 Å². The maximum Gasteiger partial charge on any atom is 0.258 e. The summed E-state index contributed by atoms with van der Waals surface area (Å²) in [5, 5.41) is 5.34. The molecule has 4 nitrogen and oxygen atoms in total. The second kappa shape index (κ2) is 5.47. The molecule has 1 amide bonds. The maximum absolute atomic E-state index is 13.6. The molecule has 5 rings (SSSR count). The standard InChI is InChI=1S/C21H18ClN3O/c1-2-11-25-18-6-4-3-5-16(18)21(20(25)26)19-14(9-10-23-21)15-12-13(22)7-8-17(15)24-19/h2-8,12,23-24H,1,9-11H2/t21-/m0/s1. The van der Waals surface area contributed by atoms with Crippen molar-refractivity contribution in [1.82, 2.24) is 10.3 Å². The summed E-state index contributed by atoms with van der Waals surface area (Å²) in [6.07, 6.45) is 2.62. The summed E-state index contributed by atoms with van der Waals surface area (Å²) < 4.78 is 0. The van der Waals surface area contributed by atoms with Gasteiger partial charge in [-0.1, -0.05) is 35.9 Å². The van der Waals surface area contributed by atoms with Crippen molar-refractivity contribution in [3.8, 4) is 0 Å². The molecule has 5 heteroatoms. The lowest BCUT2D eigenvalue weighted by atomic mass is 9.82. The summed E-state index contributed by atoms with van der Waals surface area (Å²) in [6, 6.07) is 13.8. The predicted molar refractivity (Wildman–Crippen MR) is 105 cm³/mol. The lowest BCUT2D eigenvalue weighted by molar-refractivity contribution is -0.123. The van der Waals surface area contributed by atoms with Crippen molar-refractivity contribution < 1.29 is 4.79 Å². The zero-order chi connectivity index (χ0) is 17.9. The van der Waals surface area contributed by atoms with Gasteiger partial charge in [0.2, 0.25) is 0 Å². The van der Waals surface area contributed by atoms with Crippen molar-refractivity contribution in [2.24, 2.45) is 0 Å². The lowest BCUT2D eigenvalue weighted by Crippen LogP contribution is -2.55. The summed E-state index contributed by atoms with van der Waals surface area (Å²) in [7, 11) is 0. The summed E-state index contributed by atoms with van der Waals surface area (Å²) >= 11 is 6.23. The second-order valence-electron chi connectivity index (χ2n) is 6.82. The minimum atomic E-state index is -0.876. The number of nitrogens with zero attached hydrogens (tertiary/aromatic N) is 1. The summed E-state index contributed by atoms with van der Waals surface area (Å²) in [6.45, 7) is 5.03. The van der Waals surface area contributed by atoms with E-state index in [-0.39, 0.29) is 5.91 Å². The summed E-state index contributed by atoms with van der Waals surface area (Å²) in [5.41, 5.74) is 4.17. The first-order valence-electron chi connectivity index (χ1n) is 8.75. The Labute approximate surface area is 156 Å². The van der Waals surface area contributed by atoms with Gasteiger partial charge in [0.1, 0.15) is 0 Å². The van der Waals surface area contributed by atoms with Gasteiger partial charge in [-0.15, -0.1) is 6.58 Å². The molecule has 0 saturated heterocycles. The second-order valence-corrected chi connectivity index (χ2v) is 7.25. The van der Waals surface area contributed by atoms with Crippen LogP contribution in [0.15, 0.2) is 55.1 Å². The smallest absolute Gasteiger partial charge is 0.258 e. The molecular formula is C21H18ClN3O. The number of anilines is 1. The first-order chi connectivity index (χ1) is 12.7. The van der Waals surface area contributed by atoms with Gasteiger partial charge in [-0.2, -0.15) is 0 Å². The van der Waals surface area contributed by atoms with Crippen LogP contribution in [0.4, 0.5) is 5.69 Å². The average Bonchev–Trinajstić information content (AvgIpc) is 3.13. The number of H-pyrrole nitrogens is 1. The highest BCUT2D eigenvalue weighted by Crippen LogP contribution is 2.47. The SMILES string of the molecule is C=CCN1C(=O)[C@]2(NCCc3c2[nH]c2ccc(Cl)cc32)c2ccccc21. The predicted octanol–water partition coefficient (Wildman–Crippen LogP) is 3.74. The van der Waals surface area contributed by atoms with Crippen molar-refractivity contribution in [2.75, 3.05) is 18.0 Å². The zero-order valence-electron chi connectivity index (χ0n) is 14.2. The van der Waals surface area contributed by atoms with Crippen molar-refractivity contribution in [1.29, 1.82) is 0 Å². The number of aromatic nitrogens is 1. The molecule has 0 bridgehead atoms. The number of hydrogen-bond acceptors (Lipinski definition) is 2. The van der Waals surface area contributed by atoms with Crippen LogP contribution >= 0.6 is 11.6 Å². The molecule has 130 valence electrons. The van der Waals surface area contributed by atoms with Gasteiger partial charge < -0.3 is 9.88 Å². The number of para-hydroxylation sites is 1. The third kappa shape index (κ3) is 1.86. The fraction of sp³-hybridized carbons (Fsp3) is 0.190.